The highest BCUT2D eigenvalue weighted by molar-refractivity contribution is 5.92. The Hall–Kier alpha value is -3.66. The number of nitrogens with one attached hydrogen (secondary N) is 1. The number of carbonyl (C=O) groups excluding carboxylic acids is 1. The molecule has 0 fully saturated rings. The molecule has 4 heteroatoms. The summed E-state index contributed by atoms with van der Waals surface area (Å²) >= 11 is 0. The van der Waals surface area contributed by atoms with Gasteiger partial charge >= 0.3 is 0 Å². The van der Waals surface area contributed by atoms with E-state index in [2.05, 4.69) is 48.0 Å². The Bertz CT molecular complexity index is 1240. The fraction of sp³-hybridized carbons (Fsp3) is 0.185. The van der Waals surface area contributed by atoms with Crippen LogP contribution in [0.15, 0.2) is 78.9 Å². The van der Waals surface area contributed by atoms with Gasteiger partial charge in [0.15, 0.2) is 0 Å². The third kappa shape index (κ3) is 4.75. The van der Waals surface area contributed by atoms with E-state index in [1.807, 2.05) is 61.5 Å². The largest absolute Gasteiger partial charge is 0.343 e. The van der Waals surface area contributed by atoms with E-state index >= 15 is 0 Å². The number of aromatic nitrogens is 2. The Morgan fingerprint density at radius 1 is 1.03 bits per heavy atom. The van der Waals surface area contributed by atoms with Crippen LogP contribution in [0.2, 0.25) is 0 Å². The molecular weight excluding hydrogens is 382 g/mol. The first kappa shape index (κ1) is 20.6. The van der Waals surface area contributed by atoms with Crippen LogP contribution < -0.4 is 5.32 Å². The van der Waals surface area contributed by atoms with Gasteiger partial charge in [-0.05, 0) is 55.7 Å². The van der Waals surface area contributed by atoms with Gasteiger partial charge in [0, 0.05) is 12.6 Å². The number of imidazole rings is 1. The van der Waals surface area contributed by atoms with Crippen molar-refractivity contribution in [1.82, 2.24) is 14.9 Å². The molecular formula is C27H27N3O. The summed E-state index contributed by atoms with van der Waals surface area (Å²) in [6, 6.07) is 24.2. The number of nitrogens with zero attached hydrogens (tertiary/aromatic N) is 2. The molecule has 1 N–H and O–H groups in total. The van der Waals surface area contributed by atoms with Crippen LogP contribution in [-0.4, -0.2) is 15.5 Å². The van der Waals surface area contributed by atoms with Crippen molar-refractivity contribution in [2.24, 2.45) is 0 Å². The van der Waals surface area contributed by atoms with Gasteiger partial charge in [0.1, 0.15) is 5.82 Å². The van der Waals surface area contributed by atoms with Gasteiger partial charge in [-0.2, -0.15) is 0 Å². The van der Waals surface area contributed by atoms with Crippen molar-refractivity contribution >= 4 is 23.0 Å². The Balaban J connectivity index is 1.62. The van der Waals surface area contributed by atoms with E-state index < -0.39 is 0 Å². The normalized spacial score (nSPS) is 12.4. The lowest BCUT2D eigenvalue weighted by Crippen LogP contribution is -2.27. The summed E-state index contributed by atoms with van der Waals surface area (Å²) in [5.41, 5.74) is 6.73. The van der Waals surface area contributed by atoms with Crippen molar-refractivity contribution in [3.63, 3.8) is 0 Å². The average molecular weight is 410 g/mol. The summed E-state index contributed by atoms with van der Waals surface area (Å²) in [5, 5.41) is 3.07. The topological polar surface area (TPSA) is 46.9 Å². The van der Waals surface area contributed by atoms with Crippen LogP contribution in [0.5, 0.6) is 0 Å². The fourth-order valence-electron chi connectivity index (χ4n) is 3.79. The number of benzene rings is 3. The number of amides is 1. The smallest absolute Gasteiger partial charge is 0.244 e. The summed E-state index contributed by atoms with van der Waals surface area (Å²) < 4.78 is 2.21. The minimum absolute atomic E-state index is 0.137. The molecule has 31 heavy (non-hydrogen) atoms. The van der Waals surface area contributed by atoms with Crippen molar-refractivity contribution < 1.29 is 4.79 Å². The maximum atomic E-state index is 12.5. The second kappa shape index (κ2) is 9.00. The third-order valence-corrected chi connectivity index (χ3v) is 5.49. The summed E-state index contributed by atoms with van der Waals surface area (Å²) in [4.78, 5) is 17.4. The number of hydrogen-bond donors (Lipinski definition) is 1. The summed E-state index contributed by atoms with van der Waals surface area (Å²) in [7, 11) is 0. The molecule has 0 bridgehead atoms. The van der Waals surface area contributed by atoms with Crippen molar-refractivity contribution in [3.05, 3.63) is 107 Å². The second-order valence-corrected chi connectivity index (χ2v) is 7.95. The summed E-state index contributed by atoms with van der Waals surface area (Å²) in [5.74, 6) is 0.713. The zero-order valence-corrected chi connectivity index (χ0v) is 18.2. The zero-order valence-electron chi connectivity index (χ0n) is 18.2. The van der Waals surface area contributed by atoms with E-state index in [1.54, 1.807) is 6.08 Å². The summed E-state index contributed by atoms with van der Waals surface area (Å²) in [6.45, 7) is 6.93. The van der Waals surface area contributed by atoms with Crippen molar-refractivity contribution in [2.75, 3.05) is 0 Å². The molecule has 0 radical (unpaired) electrons. The highest BCUT2D eigenvalue weighted by Crippen LogP contribution is 2.23. The standard InChI is InChI=1S/C27H27N3O/c1-19-13-14-20(2)23(17-19)18-30-25-12-8-7-11-24(25)29-27(30)21(3)28-26(31)16-15-22-9-5-4-6-10-22/h4-17,21H,18H2,1-3H3,(H,28,31)/b16-15-. The molecule has 4 aromatic rings. The maximum Gasteiger partial charge on any atom is 0.244 e. The van der Waals surface area contributed by atoms with Crippen LogP contribution in [0.1, 0.15) is 41.0 Å². The molecule has 4 rings (SSSR count). The van der Waals surface area contributed by atoms with E-state index in [-0.39, 0.29) is 11.9 Å². The molecule has 0 spiro atoms. The first-order valence-corrected chi connectivity index (χ1v) is 10.6. The van der Waals surface area contributed by atoms with Crippen LogP contribution >= 0.6 is 0 Å². The Morgan fingerprint density at radius 2 is 1.77 bits per heavy atom. The highest BCUT2D eigenvalue weighted by Gasteiger charge is 2.18. The summed E-state index contributed by atoms with van der Waals surface area (Å²) in [6.07, 6.45) is 3.39. The van der Waals surface area contributed by atoms with Gasteiger partial charge in [0.2, 0.25) is 5.91 Å². The minimum Gasteiger partial charge on any atom is -0.343 e. The first-order valence-electron chi connectivity index (χ1n) is 10.6. The maximum absolute atomic E-state index is 12.5. The predicted octanol–water partition coefficient (Wildman–Crippen LogP) is 5.59. The van der Waals surface area contributed by atoms with Crippen LogP contribution in [-0.2, 0) is 11.3 Å². The molecule has 1 amide bonds. The van der Waals surface area contributed by atoms with E-state index in [0.717, 1.165) is 22.4 Å². The SMILES string of the molecule is Cc1ccc(C)c(Cn2c(C(C)NC(=O)/C=C\c3ccccc3)nc3ccccc32)c1. The van der Waals surface area contributed by atoms with Crippen molar-refractivity contribution in [2.45, 2.75) is 33.4 Å². The van der Waals surface area contributed by atoms with Gasteiger partial charge in [-0.3, -0.25) is 4.79 Å². The number of carbonyl (C=O) groups is 1. The van der Waals surface area contributed by atoms with Crippen LogP contribution in [0, 0.1) is 13.8 Å². The van der Waals surface area contributed by atoms with Crippen molar-refractivity contribution in [1.29, 1.82) is 0 Å². The molecule has 156 valence electrons. The van der Waals surface area contributed by atoms with Gasteiger partial charge in [-0.25, -0.2) is 4.98 Å². The minimum atomic E-state index is -0.231. The molecule has 0 aliphatic carbocycles. The molecule has 0 saturated heterocycles. The Morgan fingerprint density at radius 3 is 2.58 bits per heavy atom. The number of fused-ring (bicyclic) bond motifs is 1. The molecule has 3 aromatic carbocycles. The number of para-hydroxylation sites is 2. The molecule has 0 aliphatic heterocycles. The molecule has 4 nitrogen and oxygen atoms in total. The van der Waals surface area contributed by atoms with E-state index in [1.165, 1.54) is 16.7 Å². The first-order chi connectivity index (χ1) is 15.0. The van der Waals surface area contributed by atoms with Crippen LogP contribution in [0.3, 0.4) is 0 Å². The highest BCUT2D eigenvalue weighted by atomic mass is 16.1. The monoisotopic (exact) mass is 409 g/mol. The van der Waals surface area contributed by atoms with Gasteiger partial charge in [-0.15, -0.1) is 0 Å². The van der Waals surface area contributed by atoms with E-state index in [0.29, 0.717) is 6.54 Å². The van der Waals surface area contributed by atoms with Gasteiger partial charge < -0.3 is 9.88 Å². The van der Waals surface area contributed by atoms with Gasteiger partial charge in [-0.1, -0.05) is 66.2 Å². The molecule has 1 unspecified atom stereocenters. The second-order valence-electron chi connectivity index (χ2n) is 7.95. The lowest BCUT2D eigenvalue weighted by atomic mass is 10.1. The Kier molecular flexibility index (Phi) is 5.99. The van der Waals surface area contributed by atoms with Gasteiger partial charge in [0.25, 0.3) is 0 Å². The van der Waals surface area contributed by atoms with E-state index in [9.17, 15) is 4.79 Å². The predicted molar refractivity (Wildman–Crippen MR) is 127 cm³/mol. The zero-order chi connectivity index (χ0) is 21.8. The lowest BCUT2D eigenvalue weighted by molar-refractivity contribution is -0.117. The third-order valence-electron chi connectivity index (χ3n) is 5.49. The van der Waals surface area contributed by atoms with Crippen molar-refractivity contribution in [3.8, 4) is 0 Å². The molecule has 1 heterocycles. The van der Waals surface area contributed by atoms with E-state index in [4.69, 9.17) is 4.98 Å². The van der Waals surface area contributed by atoms with Crippen LogP contribution in [0.4, 0.5) is 0 Å². The Labute approximate surface area is 183 Å². The van der Waals surface area contributed by atoms with Crippen LogP contribution in [0.25, 0.3) is 17.1 Å². The molecule has 0 aliphatic rings. The molecule has 1 atom stereocenters. The average Bonchev–Trinajstić information content (AvgIpc) is 3.14. The number of rotatable bonds is 6. The molecule has 0 saturated carbocycles. The quantitative estimate of drug-likeness (QED) is 0.422. The molecule has 1 aromatic heterocycles. The van der Waals surface area contributed by atoms with Gasteiger partial charge in [0.05, 0.1) is 17.1 Å². The fourth-order valence-corrected chi connectivity index (χ4v) is 3.79. The lowest BCUT2D eigenvalue weighted by Gasteiger charge is -2.17. The number of aryl methyl sites for hydroxylation is 2. The number of hydrogen-bond acceptors (Lipinski definition) is 2.